The number of aryl methyl sites for hydroxylation is 1. The molecule has 0 unspecified atom stereocenters. The summed E-state index contributed by atoms with van der Waals surface area (Å²) in [7, 11) is 0. The summed E-state index contributed by atoms with van der Waals surface area (Å²) in [6.07, 6.45) is 0. The number of carbonyl (C=O) groups excluding carboxylic acids is 1. The summed E-state index contributed by atoms with van der Waals surface area (Å²) in [5.74, 6) is 1.27. The Labute approximate surface area is 157 Å². The molecule has 3 aromatic rings. The number of amides is 2. The second-order valence-corrected chi connectivity index (χ2v) is 5.84. The Kier molecular flexibility index (Phi) is 5.65. The molecular formula is C21H18N4O2. The molecule has 0 spiro atoms. The number of rotatable bonds is 5. The van der Waals surface area contributed by atoms with E-state index in [2.05, 4.69) is 21.7 Å². The van der Waals surface area contributed by atoms with E-state index < -0.39 is 0 Å². The molecule has 0 saturated carbocycles. The van der Waals surface area contributed by atoms with Gasteiger partial charge >= 0.3 is 6.03 Å². The van der Waals surface area contributed by atoms with Gasteiger partial charge in [-0.3, -0.25) is 4.98 Å². The summed E-state index contributed by atoms with van der Waals surface area (Å²) in [6.45, 7) is 2.26. The Bertz CT molecular complexity index is 961. The lowest BCUT2D eigenvalue weighted by molar-refractivity contribution is 0.251. The van der Waals surface area contributed by atoms with E-state index in [0.717, 1.165) is 11.4 Å². The molecule has 2 amide bonds. The van der Waals surface area contributed by atoms with E-state index in [1.807, 2.05) is 25.1 Å². The number of urea groups is 1. The molecule has 2 aromatic carbocycles. The Morgan fingerprint density at radius 1 is 1.04 bits per heavy atom. The Hall–Kier alpha value is -3.85. The highest BCUT2D eigenvalue weighted by Crippen LogP contribution is 2.23. The molecule has 0 bridgehead atoms. The first-order chi connectivity index (χ1) is 13.1. The second-order valence-electron chi connectivity index (χ2n) is 5.84. The van der Waals surface area contributed by atoms with Crippen LogP contribution in [0, 0.1) is 18.3 Å². The van der Waals surface area contributed by atoms with Crippen LogP contribution >= 0.6 is 0 Å². The third-order valence-corrected chi connectivity index (χ3v) is 3.71. The van der Waals surface area contributed by atoms with Gasteiger partial charge in [0, 0.05) is 11.4 Å². The molecular weight excluding hydrogens is 340 g/mol. The number of ether oxygens (including phenoxy) is 1. The van der Waals surface area contributed by atoms with Gasteiger partial charge in [0.05, 0.1) is 23.9 Å². The predicted molar refractivity (Wildman–Crippen MR) is 103 cm³/mol. The van der Waals surface area contributed by atoms with Crippen LogP contribution in [-0.2, 0) is 6.54 Å². The van der Waals surface area contributed by atoms with E-state index in [9.17, 15) is 4.79 Å². The standard InChI is InChI=1S/C21H18N4O2/c1-15-3-2-4-18(24-15)14-23-21(26)25-17-7-11-20(12-8-17)27-19-9-5-16(13-22)6-10-19/h2-12H,14H2,1H3,(H2,23,25,26). The van der Waals surface area contributed by atoms with Crippen LogP contribution in [0.1, 0.15) is 17.0 Å². The van der Waals surface area contributed by atoms with Crippen LogP contribution in [0.15, 0.2) is 66.7 Å². The minimum atomic E-state index is -0.306. The van der Waals surface area contributed by atoms with Crippen molar-refractivity contribution in [3.8, 4) is 17.6 Å². The highest BCUT2D eigenvalue weighted by Gasteiger charge is 2.04. The van der Waals surface area contributed by atoms with Crippen molar-refractivity contribution >= 4 is 11.7 Å². The van der Waals surface area contributed by atoms with Crippen LogP contribution in [0.5, 0.6) is 11.5 Å². The zero-order valence-electron chi connectivity index (χ0n) is 14.8. The maximum absolute atomic E-state index is 12.0. The average molecular weight is 358 g/mol. The van der Waals surface area contributed by atoms with Crippen LogP contribution in [0.2, 0.25) is 0 Å². The molecule has 1 heterocycles. The molecule has 6 nitrogen and oxygen atoms in total. The van der Waals surface area contributed by atoms with Crippen LogP contribution in [0.4, 0.5) is 10.5 Å². The van der Waals surface area contributed by atoms with E-state index in [-0.39, 0.29) is 6.03 Å². The summed E-state index contributed by atoms with van der Waals surface area (Å²) < 4.78 is 5.71. The van der Waals surface area contributed by atoms with Crippen LogP contribution in [0.3, 0.4) is 0 Å². The Morgan fingerprint density at radius 2 is 1.70 bits per heavy atom. The summed E-state index contributed by atoms with van der Waals surface area (Å²) in [4.78, 5) is 16.3. The number of nitrogens with zero attached hydrogens (tertiary/aromatic N) is 2. The first-order valence-electron chi connectivity index (χ1n) is 8.38. The SMILES string of the molecule is Cc1cccc(CNC(=O)Nc2ccc(Oc3ccc(C#N)cc3)cc2)n1. The summed E-state index contributed by atoms with van der Waals surface area (Å²) in [6, 6.07) is 21.3. The van der Waals surface area contributed by atoms with Gasteiger partial charge in [-0.25, -0.2) is 4.79 Å². The molecule has 0 aliphatic heterocycles. The lowest BCUT2D eigenvalue weighted by Crippen LogP contribution is -2.28. The lowest BCUT2D eigenvalue weighted by atomic mass is 10.2. The van der Waals surface area contributed by atoms with Crippen molar-refractivity contribution in [2.24, 2.45) is 0 Å². The van der Waals surface area contributed by atoms with E-state index in [1.54, 1.807) is 48.5 Å². The molecule has 0 atom stereocenters. The molecule has 0 aliphatic carbocycles. The van der Waals surface area contributed by atoms with Crippen molar-refractivity contribution in [3.63, 3.8) is 0 Å². The molecule has 27 heavy (non-hydrogen) atoms. The first-order valence-corrected chi connectivity index (χ1v) is 8.38. The van der Waals surface area contributed by atoms with E-state index in [1.165, 1.54) is 0 Å². The molecule has 1 aromatic heterocycles. The minimum absolute atomic E-state index is 0.306. The van der Waals surface area contributed by atoms with Crippen molar-refractivity contribution in [2.45, 2.75) is 13.5 Å². The Morgan fingerprint density at radius 3 is 2.33 bits per heavy atom. The molecule has 0 aliphatic rings. The maximum Gasteiger partial charge on any atom is 0.319 e. The molecule has 0 fully saturated rings. The van der Waals surface area contributed by atoms with Gasteiger partial charge < -0.3 is 15.4 Å². The number of hydrogen-bond donors (Lipinski definition) is 2. The lowest BCUT2D eigenvalue weighted by Gasteiger charge is -2.09. The van der Waals surface area contributed by atoms with Gasteiger partial charge in [-0.1, -0.05) is 6.07 Å². The summed E-state index contributed by atoms with van der Waals surface area (Å²) >= 11 is 0. The third-order valence-electron chi connectivity index (χ3n) is 3.71. The van der Waals surface area contributed by atoms with Crippen LogP contribution < -0.4 is 15.4 Å². The van der Waals surface area contributed by atoms with Gasteiger partial charge in [-0.05, 0) is 67.6 Å². The van der Waals surface area contributed by atoms with Crippen molar-refractivity contribution in [1.29, 1.82) is 5.26 Å². The van der Waals surface area contributed by atoms with Crippen molar-refractivity contribution in [3.05, 3.63) is 83.7 Å². The van der Waals surface area contributed by atoms with E-state index in [0.29, 0.717) is 29.3 Å². The number of nitrogens with one attached hydrogen (secondary N) is 2. The largest absolute Gasteiger partial charge is 0.457 e. The quantitative estimate of drug-likeness (QED) is 0.709. The number of anilines is 1. The third kappa shape index (κ3) is 5.31. The van der Waals surface area contributed by atoms with Crippen LogP contribution in [-0.4, -0.2) is 11.0 Å². The number of nitriles is 1. The predicted octanol–water partition coefficient (Wildman–Crippen LogP) is 4.38. The molecule has 6 heteroatoms. The monoisotopic (exact) mass is 358 g/mol. The highest BCUT2D eigenvalue weighted by molar-refractivity contribution is 5.89. The van der Waals surface area contributed by atoms with E-state index in [4.69, 9.17) is 10.00 Å². The fourth-order valence-electron chi connectivity index (χ4n) is 2.38. The fourth-order valence-corrected chi connectivity index (χ4v) is 2.38. The van der Waals surface area contributed by atoms with Crippen LogP contribution in [0.25, 0.3) is 0 Å². The van der Waals surface area contributed by atoms with Crippen molar-refractivity contribution in [2.75, 3.05) is 5.32 Å². The molecule has 0 radical (unpaired) electrons. The maximum atomic E-state index is 12.0. The van der Waals surface area contributed by atoms with Gasteiger partial charge in [-0.2, -0.15) is 5.26 Å². The normalized spacial score (nSPS) is 9.93. The number of benzene rings is 2. The first kappa shape index (κ1) is 18.0. The Balaban J connectivity index is 1.52. The topological polar surface area (TPSA) is 87.0 Å². The minimum Gasteiger partial charge on any atom is -0.457 e. The molecule has 0 saturated heterocycles. The zero-order valence-corrected chi connectivity index (χ0v) is 14.8. The fraction of sp³-hybridized carbons (Fsp3) is 0.0952. The molecule has 3 rings (SSSR count). The smallest absolute Gasteiger partial charge is 0.319 e. The van der Waals surface area contributed by atoms with Gasteiger partial charge in [0.2, 0.25) is 0 Å². The zero-order chi connectivity index (χ0) is 19.1. The number of pyridine rings is 1. The van der Waals surface area contributed by atoms with Crippen molar-refractivity contribution in [1.82, 2.24) is 10.3 Å². The molecule has 134 valence electrons. The number of aromatic nitrogens is 1. The second kappa shape index (κ2) is 8.50. The van der Waals surface area contributed by atoms with Gasteiger partial charge in [0.15, 0.2) is 0 Å². The summed E-state index contributed by atoms with van der Waals surface area (Å²) in [5.41, 5.74) is 2.94. The molecule has 2 N–H and O–H groups in total. The van der Waals surface area contributed by atoms with Gasteiger partial charge in [-0.15, -0.1) is 0 Å². The van der Waals surface area contributed by atoms with Crippen molar-refractivity contribution < 1.29 is 9.53 Å². The summed E-state index contributed by atoms with van der Waals surface area (Å²) in [5, 5.41) is 14.3. The van der Waals surface area contributed by atoms with E-state index >= 15 is 0 Å². The van der Waals surface area contributed by atoms with Gasteiger partial charge in [0.25, 0.3) is 0 Å². The average Bonchev–Trinajstić information content (AvgIpc) is 2.69. The number of hydrogen-bond acceptors (Lipinski definition) is 4. The highest BCUT2D eigenvalue weighted by atomic mass is 16.5. The number of carbonyl (C=O) groups is 1. The van der Waals surface area contributed by atoms with Gasteiger partial charge in [0.1, 0.15) is 11.5 Å².